The fourth-order valence-corrected chi connectivity index (χ4v) is 3.96. The van der Waals surface area contributed by atoms with Gasteiger partial charge in [-0.15, -0.1) is 0 Å². The summed E-state index contributed by atoms with van der Waals surface area (Å²) < 4.78 is 0. The first-order valence-corrected chi connectivity index (χ1v) is 12.3. The van der Waals surface area contributed by atoms with Gasteiger partial charge < -0.3 is 0 Å². The Balaban J connectivity index is 1.57. The van der Waals surface area contributed by atoms with Crippen molar-refractivity contribution in [2.75, 3.05) is 6.54 Å². The fourth-order valence-electron chi connectivity index (χ4n) is 3.96. The standard InChI is InChI=1S/C29H43N/c1-2-3-4-5-6-7-8-9-10-11-12-13-20-25-30(26-28-21-16-14-17-22-28)27-29-23-18-15-19-24-29/h4-5,14-19,21-24H,2-3,6-13,20,25-27H2,1H3/b5-4+. The molecule has 30 heavy (non-hydrogen) atoms. The van der Waals surface area contributed by atoms with Gasteiger partial charge >= 0.3 is 0 Å². The zero-order valence-corrected chi connectivity index (χ0v) is 19.3. The highest BCUT2D eigenvalue weighted by Crippen LogP contribution is 2.14. The van der Waals surface area contributed by atoms with Crippen molar-refractivity contribution in [3.8, 4) is 0 Å². The van der Waals surface area contributed by atoms with Gasteiger partial charge in [-0.3, -0.25) is 4.90 Å². The molecule has 0 saturated heterocycles. The second kappa shape index (κ2) is 16.9. The number of rotatable bonds is 17. The Kier molecular flexibility index (Phi) is 13.7. The van der Waals surface area contributed by atoms with E-state index in [0.29, 0.717) is 0 Å². The molecular weight excluding hydrogens is 362 g/mol. The van der Waals surface area contributed by atoms with Gasteiger partial charge in [-0.1, -0.05) is 125 Å². The smallest absolute Gasteiger partial charge is 0.0237 e. The lowest BCUT2D eigenvalue weighted by molar-refractivity contribution is 0.250. The van der Waals surface area contributed by atoms with E-state index in [9.17, 15) is 0 Å². The average Bonchev–Trinajstić information content (AvgIpc) is 2.78. The van der Waals surface area contributed by atoms with Crippen LogP contribution in [0.1, 0.15) is 88.7 Å². The molecule has 0 unspecified atom stereocenters. The maximum Gasteiger partial charge on any atom is 0.0237 e. The molecule has 2 rings (SSSR count). The lowest BCUT2D eigenvalue weighted by Gasteiger charge is -2.22. The van der Waals surface area contributed by atoms with Crippen molar-refractivity contribution in [1.29, 1.82) is 0 Å². The molecular formula is C29H43N. The molecule has 0 N–H and O–H groups in total. The van der Waals surface area contributed by atoms with E-state index >= 15 is 0 Å². The molecule has 0 saturated carbocycles. The van der Waals surface area contributed by atoms with Crippen molar-refractivity contribution in [3.63, 3.8) is 0 Å². The van der Waals surface area contributed by atoms with E-state index in [1.807, 2.05) is 0 Å². The van der Waals surface area contributed by atoms with Crippen molar-refractivity contribution in [3.05, 3.63) is 83.9 Å². The van der Waals surface area contributed by atoms with Crippen LogP contribution in [0.2, 0.25) is 0 Å². The van der Waals surface area contributed by atoms with Crippen LogP contribution in [0.4, 0.5) is 0 Å². The first kappa shape index (κ1) is 24.4. The highest BCUT2D eigenvalue weighted by atomic mass is 15.1. The minimum Gasteiger partial charge on any atom is -0.295 e. The Labute approximate surface area is 186 Å². The summed E-state index contributed by atoms with van der Waals surface area (Å²) in [5.74, 6) is 0. The maximum absolute atomic E-state index is 2.61. The van der Waals surface area contributed by atoms with Crippen LogP contribution in [-0.4, -0.2) is 11.4 Å². The third kappa shape index (κ3) is 12.0. The lowest BCUT2D eigenvalue weighted by Crippen LogP contribution is -2.24. The van der Waals surface area contributed by atoms with Gasteiger partial charge in [-0.2, -0.15) is 0 Å². The molecule has 0 fully saturated rings. The highest BCUT2D eigenvalue weighted by Gasteiger charge is 2.07. The van der Waals surface area contributed by atoms with Crippen LogP contribution in [0.25, 0.3) is 0 Å². The third-order valence-corrected chi connectivity index (χ3v) is 5.72. The second-order valence-corrected chi connectivity index (χ2v) is 8.56. The molecule has 1 nitrogen and oxygen atoms in total. The lowest BCUT2D eigenvalue weighted by atomic mass is 10.1. The first-order chi connectivity index (χ1) is 14.9. The predicted molar refractivity (Wildman–Crippen MR) is 133 cm³/mol. The molecule has 2 aromatic carbocycles. The van der Waals surface area contributed by atoms with Gasteiger partial charge in [0.25, 0.3) is 0 Å². The maximum atomic E-state index is 2.61. The molecule has 0 amide bonds. The van der Waals surface area contributed by atoms with Gasteiger partial charge in [0.15, 0.2) is 0 Å². The summed E-state index contributed by atoms with van der Waals surface area (Å²) in [6.07, 6.45) is 19.6. The number of benzene rings is 2. The topological polar surface area (TPSA) is 3.24 Å². The molecule has 0 aliphatic rings. The van der Waals surface area contributed by atoms with E-state index < -0.39 is 0 Å². The average molecular weight is 406 g/mol. The third-order valence-electron chi connectivity index (χ3n) is 5.72. The normalized spacial score (nSPS) is 11.5. The van der Waals surface area contributed by atoms with Gasteiger partial charge in [0.05, 0.1) is 0 Å². The van der Waals surface area contributed by atoms with E-state index in [2.05, 4.69) is 84.6 Å². The second-order valence-electron chi connectivity index (χ2n) is 8.56. The summed E-state index contributed by atoms with van der Waals surface area (Å²) in [6.45, 7) is 5.52. The van der Waals surface area contributed by atoms with E-state index in [4.69, 9.17) is 0 Å². The van der Waals surface area contributed by atoms with Crippen molar-refractivity contribution in [2.45, 2.75) is 90.6 Å². The molecule has 1 heteroatoms. The zero-order chi connectivity index (χ0) is 21.1. The molecule has 0 aromatic heterocycles. The largest absolute Gasteiger partial charge is 0.295 e. The summed E-state index contributed by atoms with van der Waals surface area (Å²) in [6, 6.07) is 21.8. The van der Waals surface area contributed by atoms with Crippen molar-refractivity contribution < 1.29 is 0 Å². The summed E-state index contributed by atoms with van der Waals surface area (Å²) in [5.41, 5.74) is 2.83. The Morgan fingerprint density at radius 2 is 1.03 bits per heavy atom. The van der Waals surface area contributed by atoms with E-state index in [0.717, 1.165) is 13.1 Å². The van der Waals surface area contributed by atoms with E-state index in [1.54, 1.807) is 0 Å². The molecule has 164 valence electrons. The highest BCUT2D eigenvalue weighted by molar-refractivity contribution is 5.17. The van der Waals surface area contributed by atoms with E-state index in [-0.39, 0.29) is 0 Å². The van der Waals surface area contributed by atoms with Crippen LogP contribution < -0.4 is 0 Å². The number of unbranched alkanes of at least 4 members (excludes halogenated alkanes) is 9. The molecule has 0 aliphatic heterocycles. The molecule has 0 spiro atoms. The van der Waals surface area contributed by atoms with Gasteiger partial charge in [0.1, 0.15) is 0 Å². The zero-order valence-electron chi connectivity index (χ0n) is 19.3. The molecule has 0 heterocycles. The number of hydrogen-bond acceptors (Lipinski definition) is 1. The number of hydrogen-bond donors (Lipinski definition) is 0. The predicted octanol–water partition coefficient (Wildman–Crippen LogP) is 8.56. The molecule has 0 radical (unpaired) electrons. The van der Waals surface area contributed by atoms with Crippen LogP contribution >= 0.6 is 0 Å². The Morgan fingerprint density at radius 3 is 1.57 bits per heavy atom. The monoisotopic (exact) mass is 405 g/mol. The van der Waals surface area contributed by atoms with Gasteiger partial charge in [0.2, 0.25) is 0 Å². The minimum absolute atomic E-state index is 1.04. The van der Waals surface area contributed by atoms with Crippen LogP contribution in [0.5, 0.6) is 0 Å². The number of nitrogens with zero attached hydrogens (tertiary/aromatic N) is 1. The summed E-state index contributed by atoms with van der Waals surface area (Å²) in [7, 11) is 0. The van der Waals surface area contributed by atoms with Crippen molar-refractivity contribution in [1.82, 2.24) is 4.90 Å². The van der Waals surface area contributed by atoms with Gasteiger partial charge in [0, 0.05) is 13.1 Å². The van der Waals surface area contributed by atoms with Crippen molar-refractivity contribution in [2.24, 2.45) is 0 Å². The summed E-state index contributed by atoms with van der Waals surface area (Å²) >= 11 is 0. The Hall–Kier alpha value is -1.86. The number of allylic oxidation sites excluding steroid dienone is 2. The molecule has 0 atom stereocenters. The Bertz CT molecular complexity index is 605. The SMILES string of the molecule is CCC/C=C/CCCCCCCCCCN(Cc1ccccc1)Cc1ccccc1. The first-order valence-electron chi connectivity index (χ1n) is 12.3. The van der Waals surface area contributed by atoms with E-state index in [1.165, 1.54) is 88.3 Å². The van der Waals surface area contributed by atoms with Crippen LogP contribution in [0, 0.1) is 0 Å². The molecule has 0 bridgehead atoms. The fraction of sp³-hybridized carbons (Fsp3) is 0.517. The van der Waals surface area contributed by atoms with Gasteiger partial charge in [-0.05, 0) is 43.4 Å². The Morgan fingerprint density at radius 1 is 0.567 bits per heavy atom. The summed E-state index contributed by atoms with van der Waals surface area (Å²) in [5, 5.41) is 0. The molecule has 2 aromatic rings. The molecule has 0 aliphatic carbocycles. The van der Waals surface area contributed by atoms with Crippen LogP contribution in [-0.2, 0) is 13.1 Å². The van der Waals surface area contributed by atoms with Crippen LogP contribution in [0.15, 0.2) is 72.8 Å². The quantitative estimate of drug-likeness (QED) is 0.188. The van der Waals surface area contributed by atoms with Crippen molar-refractivity contribution >= 4 is 0 Å². The minimum atomic E-state index is 1.04. The van der Waals surface area contributed by atoms with Crippen LogP contribution in [0.3, 0.4) is 0 Å². The van der Waals surface area contributed by atoms with Gasteiger partial charge in [-0.25, -0.2) is 0 Å². The summed E-state index contributed by atoms with van der Waals surface area (Å²) in [4.78, 5) is 2.61.